The van der Waals surface area contributed by atoms with Gasteiger partial charge >= 0.3 is 0 Å². The summed E-state index contributed by atoms with van der Waals surface area (Å²) in [7, 11) is 0. The van der Waals surface area contributed by atoms with Gasteiger partial charge in [-0.3, -0.25) is 9.59 Å². The van der Waals surface area contributed by atoms with E-state index >= 15 is 0 Å². The van der Waals surface area contributed by atoms with Crippen molar-refractivity contribution in [3.63, 3.8) is 0 Å². The lowest BCUT2D eigenvalue weighted by Crippen LogP contribution is -2.34. The molecule has 4 nitrogen and oxygen atoms in total. The number of Topliss-reactive ketones (excluding diaryl/α,β-unsaturated/α-hetero) is 1. The summed E-state index contributed by atoms with van der Waals surface area (Å²) in [4.78, 5) is 27.3. The molecule has 3 aromatic rings. The number of hydrogen-bond acceptors (Lipinski definition) is 2. The van der Waals surface area contributed by atoms with E-state index in [1.54, 1.807) is 21.4 Å². The summed E-state index contributed by atoms with van der Waals surface area (Å²) in [6.07, 6.45) is 3.73. The van der Waals surface area contributed by atoms with Crippen LogP contribution in [0.1, 0.15) is 23.3 Å². The monoisotopic (exact) mass is 352 g/mol. The lowest BCUT2D eigenvalue weighted by molar-refractivity contribution is -0.125. The van der Waals surface area contributed by atoms with Crippen LogP contribution in [0.25, 0.3) is 16.6 Å². The van der Waals surface area contributed by atoms with Gasteiger partial charge in [0.15, 0.2) is 0 Å². The molecule has 0 spiro atoms. The van der Waals surface area contributed by atoms with Crippen LogP contribution < -0.4 is 0 Å². The van der Waals surface area contributed by atoms with Gasteiger partial charge in [0, 0.05) is 35.4 Å². The van der Waals surface area contributed by atoms with Gasteiger partial charge in [-0.2, -0.15) is 0 Å². The van der Waals surface area contributed by atoms with Crippen LogP contribution in [0.4, 0.5) is 0 Å². The molecule has 1 amide bonds. The Morgan fingerprint density at radius 3 is 2.40 bits per heavy atom. The van der Waals surface area contributed by atoms with Gasteiger partial charge in [-0.15, -0.1) is 0 Å². The quantitative estimate of drug-likeness (QED) is 0.527. The van der Waals surface area contributed by atoms with Crippen molar-refractivity contribution in [3.8, 4) is 11.1 Å². The first-order valence-corrected chi connectivity index (χ1v) is 8.72. The second-order valence-electron chi connectivity index (χ2n) is 6.24. The molecule has 0 radical (unpaired) electrons. The van der Waals surface area contributed by atoms with E-state index < -0.39 is 11.7 Å². The summed E-state index contributed by atoms with van der Waals surface area (Å²) >= 11 is 5.98. The Balaban J connectivity index is 1.85. The normalized spacial score (nSPS) is 14.2. The van der Waals surface area contributed by atoms with Gasteiger partial charge in [-0.1, -0.05) is 29.8 Å². The van der Waals surface area contributed by atoms with Crippen LogP contribution in [0.5, 0.6) is 0 Å². The predicted molar refractivity (Wildman–Crippen MR) is 98.0 cm³/mol. The first kappa shape index (κ1) is 15.9. The van der Waals surface area contributed by atoms with E-state index in [9.17, 15) is 9.59 Å². The average molecular weight is 353 g/mol. The number of halogens is 1. The van der Waals surface area contributed by atoms with Crippen molar-refractivity contribution in [1.82, 2.24) is 9.30 Å². The second-order valence-corrected chi connectivity index (χ2v) is 6.67. The number of carbonyl (C=O) groups excluding carboxylic acids is 2. The highest BCUT2D eigenvalue weighted by molar-refractivity contribution is 6.43. The Kier molecular flexibility index (Phi) is 4.06. The van der Waals surface area contributed by atoms with Crippen LogP contribution in [0, 0.1) is 0 Å². The molecule has 1 aliphatic rings. The third kappa shape index (κ3) is 2.83. The van der Waals surface area contributed by atoms with Crippen molar-refractivity contribution in [3.05, 3.63) is 65.4 Å². The van der Waals surface area contributed by atoms with Crippen LogP contribution in [-0.4, -0.2) is 34.1 Å². The number of pyridine rings is 1. The number of rotatable bonds is 3. The molecule has 0 atom stereocenters. The molecule has 0 aliphatic carbocycles. The summed E-state index contributed by atoms with van der Waals surface area (Å²) in [5.74, 6) is -0.880. The molecule has 126 valence electrons. The van der Waals surface area contributed by atoms with E-state index in [1.807, 2.05) is 42.6 Å². The molecule has 1 fully saturated rings. The molecule has 1 aromatic carbocycles. The summed E-state index contributed by atoms with van der Waals surface area (Å²) in [6, 6.07) is 14.9. The number of aromatic nitrogens is 1. The van der Waals surface area contributed by atoms with E-state index in [1.165, 1.54) is 0 Å². The number of ketones is 1. The summed E-state index contributed by atoms with van der Waals surface area (Å²) in [6.45, 7) is 1.31. The Bertz CT molecular complexity index is 953. The highest BCUT2D eigenvalue weighted by atomic mass is 35.5. The highest BCUT2D eigenvalue weighted by Crippen LogP contribution is 2.30. The number of benzene rings is 1. The molecule has 5 heteroatoms. The summed E-state index contributed by atoms with van der Waals surface area (Å²) < 4.78 is 1.79. The van der Waals surface area contributed by atoms with E-state index in [-0.39, 0.29) is 0 Å². The summed E-state index contributed by atoms with van der Waals surface area (Å²) in [5.41, 5.74) is 2.91. The lowest BCUT2D eigenvalue weighted by Gasteiger charge is -2.15. The molecule has 4 rings (SSSR count). The van der Waals surface area contributed by atoms with Crippen LogP contribution >= 0.6 is 11.6 Å². The molecule has 2 aromatic heterocycles. The van der Waals surface area contributed by atoms with Crippen molar-refractivity contribution in [2.75, 3.05) is 13.1 Å². The van der Waals surface area contributed by atoms with Crippen molar-refractivity contribution >= 4 is 28.8 Å². The van der Waals surface area contributed by atoms with Gasteiger partial charge < -0.3 is 9.30 Å². The first-order valence-electron chi connectivity index (χ1n) is 8.35. The number of nitrogens with zero attached hydrogens (tertiary/aromatic N) is 2. The third-order valence-electron chi connectivity index (χ3n) is 4.64. The fraction of sp³-hybridized carbons (Fsp3) is 0.200. The first-order chi connectivity index (χ1) is 12.1. The molecule has 1 saturated heterocycles. The Hall–Kier alpha value is -2.59. The minimum atomic E-state index is -0.460. The average Bonchev–Trinajstić information content (AvgIpc) is 3.29. The maximum atomic E-state index is 13.0. The smallest absolute Gasteiger partial charge is 0.296 e. The van der Waals surface area contributed by atoms with Gasteiger partial charge in [0.1, 0.15) is 5.69 Å². The zero-order valence-corrected chi connectivity index (χ0v) is 14.4. The molecule has 0 bridgehead atoms. The molecule has 1 aliphatic heterocycles. The Morgan fingerprint density at radius 1 is 0.960 bits per heavy atom. The Labute approximate surface area is 150 Å². The number of likely N-dealkylation sites (tertiary alicyclic amines) is 1. The molecule has 3 heterocycles. The molecule has 25 heavy (non-hydrogen) atoms. The van der Waals surface area contributed by atoms with Crippen molar-refractivity contribution in [2.45, 2.75) is 12.8 Å². The van der Waals surface area contributed by atoms with Gasteiger partial charge in [-0.25, -0.2) is 0 Å². The standard InChI is InChI=1S/C20H17ClN2O2/c21-15-8-6-14(7-9-15)17-13-16-5-1-2-12-23(16)18(17)19(24)20(25)22-10-3-4-11-22/h1-2,5-9,12-13H,3-4,10-11H2. The fourth-order valence-electron chi connectivity index (χ4n) is 3.37. The number of hydrogen-bond donors (Lipinski definition) is 0. The van der Waals surface area contributed by atoms with Crippen LogP contribution in [0.15, 0.2) is 54.7 Å². The summed E-state index contributed by atoms with van der Waals surface area (Å²) in [5, 5.41) is 0.633. The predicted octanol–water partition coefficient (Wildman–Crippen LogP) is 4.06. The van der Waals surface area contributed by atoms with Gasteiger partial charge in [0.05, 0.1) is 0 Å². The zero-order valence-electron chi connectivity index (χ0n) is 13.6. The number of amides is 1. The SMILES string of the molecule is O=C(C(=O)N1CCCC1)c1c(-c2ccc(Cl)cc2)cc2ccccn12. The largest absolute Gasteiger partial charge is 0.336 e. The van der Waals surface area contributed by atoms with Crippen molar-refractivity contribution in [2.24, 2.45) is 0 Å². The van der Waals surface area contributed by atoms with E-state index in [4.69, 9.17) is 11.6 Å². The maximum Gasteiger partial charge on any atom is 0.296 e. The molecule has 0 unspecified atom stereocenters. The van der Waals surface area contributed by atoms with Gasteiger partial charge in [0.2, 0.25) is 0 Å². The Morgan fingerprint density at radius 2 is 1.68 bits per heavy atom. The topological polar surface area (TPSA) is 41.8 Å². The minimum Gasteiger partial charge on any atom is -0.336 e. The molecular formula is C20H17ClN2O2. The molecular weight excluding hydrogens is 336 g/mol. The number of carbonyl (C=O) groups is 2. The number of fused-ring (bicyclic) bond motifs is 1. The van der Waals surface area contributed by atoms with Crippen LogP contribution in [0.3, 0.4) is 0 Å². The van der Waals surface area contributed by atoms with Crippen molar-refractivity contribution < 1.29 is 9.59 Å². The minimum absolute atomic E-state index is 0.412. The van der Waals surface area contributed by atoms with Crippen molar-refractivity contribution in [1.29, 1.82) is 0 Å². The van der Waals surface area contributed by atoms with Crippen LogP contribution in [-0.2, 0) is 4.79 Å². The lowest BCUT2D eigenvalue weighted by atomic mass is 10.0. The molecule has 0 N–H and O–H groups in total. The fourth-order valence-corrected chi connectivity index (χ4v) is 3.50. The molecule has 0 saturated carbocycles. The van der Waals surface area contributed by atoms with Crippen LogP contribution in [0.2, 0.25) is 5.02 Å². The zero-order chi connectivity index (χ0) is 17.4. The van der Waals surface area contributed by atoms with E-state index in [0.29, 0.717) is 23.8 Å². The van der Waals surface area contributed by atoms with E-state index in [2.05, 4.69) is 0 Å². The van der Waals surface area contributed by atoms with Gasteiger partial charge in [0.25, 0.3) is 11.7 Å². The van der Waals surface area contributed by atoms with Gasteiger partial charge in [-0.05, 0) is 48.7 Å². The van der Waals surface area contributed by atoms with E-state index in [0.717, 1.165) is 29.5 Å². The second kappa shape index (κ2) is 6.37. The third-order valence-corrected chi connectivity index (χ3v) is 4.89. The maximum absolute atomic E-state index is 13.0. The highest BCUT2D eigenvalue weighted by Gasteiger charge is 2.29.